The van der Waals surface area contributed by atoms with E-state index in [1.165, 1.54) is 30.7 Å². The maximum absolute atomic E-state index is 14.0. The van der Waals surface area contributed by atoms with E-state index in [1.54, 1.807) is 6.07 Å². The first-order chi connectivity index (χ1) is 19.9. The molecule has 5 rings (SSSR count). The Morgan fingerprint density at radius 1 is 1.05 bits per heavy atom. The number of nitrogens with zero attached hydrogens (tertiary/aromatic N) is 3. The number of amides is 2. The van der Waals surface area contributed by atoms with Crippen LogP contribution in [0.5, 0.6) is 5.88 Å². The van der Waals surface area contributed by atoms with E-state index >= 15 is 0 Å². The zero-order chi connectivity index (χ0) is 28.8. The third kappa shape index (κ3) is 6.94. The molecule has 1 aromatic heterocycles. The molecule has 4 heterocycles. The summed E-state index contributed by atoms with van der Waals surface area (Å²) in [5.41, 5.74) is 2.42. The fourth-order valence-corrected chi connectivity index (χ4v) is 7.71. The molecule has 1 aromatic rings. The molecular weight excluding hydrogens is 556 g/mol. The highest BCUT2D eigenvalue weighted by molar-refractivity contribution is 7.89. The summed E-state index contributed by atoms with van der Waals surface area (Å²) < 4.78 is 50.9. The highest BCUT2D eigenvalue weighted by Crippen LogP contribution is 2.38. The van der Waals surface area contributed by atoms with Crippen LogP contribution >= 0.6 is 0 Å². The molecule has 4 fully saturated rings. The molecule has 228 valence electrons. The Morgan fingerprint density at radius 2 is 1.85 bits per heavy atom. The molecule has 13 nitrogen and oxygen atoms in total. The van der Waals surface area contributed by atoms with Crippen molar-refractivity contribution in [3.05, 3.63) is 18.3 Å². The van der Waals surface area contributed by atoms with Crippen LogP contribution in [-0.2, 0) is 33.9 Å². The van der Waals surface area contributed by atoms with Gasteiger partial charge in [0.1, 0.15) is 23.6 Å². The number of hydrogen-bond acceptors (Lipinski definition) is 10. The molecule has 14 heteroatoms. The molecule has 1 N–H and O–H groups in total. The van der Waals surface area contributed by atoms with Gasteiger partial charge >= 0.3 is 6.09 Å². The molecule has 3 aliphatic heterocycles. The number of piperazine rings is 1. The summed E-state index contributed by atoms with van der Waals surface area (Å²) in [5, 5.41) is 0. The number of carbonyl (C=O) groups excluding carboxylic acids is 2. The average Bonchev–Trinajstić information content (AvgIpc) is 3.30. The SMILES string of the molecule is COCCOC(=O)N1[C@@H]2CC[C@H]1[C@H](C(=O)NOC1CCCCO1)N(S(=O)(=O)c1ccc(OC3CCCCC3)nc1)C2. The molecule has 0 spiro atoms. The van der Waals surface area contributed by atoms with Crippen molar-refractivity contribution in [2.75, 3.05) is 33.5 Å². The number of carbonyl (C=O) groups is 2. The van der Waals surface area contributed by atoms with E-state index in [1.807, 2.05) is 0 Å². The first kappa shape index (κ1) is 30.0. The van der Waals surface area contributed by atoms with Gasteiger partial charge in [-0.3, -0.25) is 9.69 Å². The molecule has 4 atom stereocenters. The number of hydrogen-bond donors (Lipinski definition) is 1. The largest absolute Gasteiger partial charge is 0.474 e. The van der Waals surface area contributed by atoms with Gasteiger partial charge < -0.3 is 18.9 Å². The molecule has 2 bridgehead atoms. The van der Waals surface area contributed by atoms with Gasteiger partial charge in [0, 0.05) is 38.8 Å². The first-order valence-electron chi connectivity index (χ1n) is 14.5. The number of methoxy groups -OCH3 is 1. The minimum atomic E-state index is -4.18. The van der Waals surface area contributed by atoms with Crippen LogP contribution in [0.1, 0.15) is 64.2 Å². The third-order valence-corrected chi connectivity index (χ3v) is 10.0. The van der Waals surface area contributed by atoms with Gasteiger partial charge in [0.05, 0.1) is 18.8 Å². The van der Waals surface area contributed by atoms with Gasteiger partial charge in [0.25, 0.3) is 5.91 Å². The van der Waals surface area contributed by atoms with Gasteiger partial charge in [0.2, 0.25) is 15.9 Å². The number of ether oxygens (including phenoxy) is 4. The number of aromatic nitrogens is 1. The summed E-state index contributed by atoms with van der Waals surface area (Å²) in [6.07, 6.45) is 8.79. The van der Waals surface area contributed by atoms with Crippen molar-refractivity contribution in [3.63, 3.8) is 0 Å². The van der Waals surface area contributed by atoms with E-state index in [9.17, 15) is 18.0 Å². The predicted octanol–water partition coefficient (Wildman–Crippen LogP) is 2.36. The van der Waals surface area contributed by atoms with Crippen molar-refractivity contribution in [3.8, 4) is 5.88 Å². The third-order valence-electron chi connectivity index (χ3n) is 8.19. The van der Waals surface area contributed by atoms with Gasteiger partial charge in [-0.15, -0.1) is 0 Å². The van der Waals surface area contributed by atoms with Crippen molar-refractivity contribution in [2.45, 2.75) is 99.6 Å². The fourth-order valence-electron chi connectivity index (χ4n) is 6.11. The zero-order valence-corrected chi connectivity index (χ0v) is 24.3. The van der Waals surface area contributed by atoms with Crippen LogP contribution in [0.25, 0.3) is 0 Å². The Labute approximate surface area is 240 Å². The molecule has 0 radical (unpaired) electrons. The second kappa shape index (κ2) is 13.6. The predicted molar refractivity (Wildman–Crippen MR) is 144 cm³/mol. The monoisotopic (exact) mass is 596 g/mol. The lowest BCUT2D eigenvalue weighted by atomic mass is 9.98. The molecular formula is C27H40N4O9S. The second-order valence-electron chi connectivity index (χ2n) is 10.9. The molecule has 2 amide bonds. The van der Waals surface area contributed by atoms with Gasteiger partial charge in [-0.2, -0.15) is 4.31 Å². The quantitative estimate of drug-likeness (QED) is 0.316. The highest BCUT2D eigenvalue weighted by atomic mass is 32.2. The van der Waals surface area contributed by atoms with Gasteiger partial charge in [0.15, 0.2) is 6.29 Å². The van der Waals surface area contributed by atoms with Crippen LogP contribution in [0.2, 0.25) is 0 Å². The van der Waals surface area contributed by atoms with Crippen LogP contribution in [0.3, 0.4) is 0 Å². The number of rotatable bonds is 10. The summed E-state index contributed by atoms with van der Waals surface area (Å²) >= 11 is 0. The lowest BCUT2D eigenvalue weighted by Crippen LogP contribution is -2.66. The number of fused-ring (bicyclic) bond motifs is 2. The molecule has 4 aliphatic rings. The fraction of sp³-hybridized carbons (Fsp3) is 0.741. The number of sulfonamides is 1. The lowest BCUT2D eigenvalue weighted by molar-refractivity contribution is -0.203. The maximum atomic E-state index is 14.0. The lowest BCUT2D eigenvalue weighted by Gasteiger charge is -2.44. The van der Waals surface area contributed by atoms with Crippen LogP contribution in [0.15, 0.2) is 23.2 Å². The number of pyridine rings is 1. The summed E-state index contributed by atoms with van der Waals surface area (Å²) in [7, 11) is -2.68. The summed E-state index contributed by atoms with van der Waals surface area (Å²) in [6.45, 7) is 0.717. The van der Waals surface area contributed by atoms with E-state index in [-0.39, 0.29) is 30.8 Å². The van der Waals surface area contributed by atoms with Crippen LogP contribution in [0.4, 0.5) is 4.79 Å². The Hall–Kier alpha value is -2.52. The smallest absolute Gasteiger partial charge is 0.410 e. The van der Waals surface area contributed by atoms with E-state index in [2.05, 4.69) is 10.5 Å². The van der Waals surface area contributed by atoms with Crippen molar-refractivity contribution in [1.82, 2.24) is 19.7 Å². The molecule has 3 saturated heterocycles. The minimum Gasteiger partial charge on any atom is -0.474 e. The van der Waals surface area contributed by atoms with Gasteiger partial charge in [-0.05, 0) is 57.4 Å². The van der Waals surface area contributed by atoms with Crippen molar-refractivity contribution in [1.29, 1.82) is 0 Å². The van der Waals surface area contributed by atoms with Crippen LogP contribution in [0, 0.1) is 0 Å². The number of hydroxylamine groups is 1. The average molecular weight is 597 g/mol. The Balaban J connectivity index is 1.35. The Bertz CT molecular complexity index is 1140. The summed E-state index contributed by atoms with van der Waals surface area (Å²) in [6, 6.07) is 0.581. The number of nitrogens with one attached hydrogen (secondary N) is 1. The molecule has 0 aromatic carbocycles. The van der Waals surface area contributed by atoms with E-state index in [4.69, 9.17) is 23.8 Å². The molecule has 1 aliphatic carbocycles. The Morgan fingerprint density at radius 3 is 2.56 bits per heavy atom. The zero-order valence-electron chi connectivity index (χ0n) is 23.4. The van der Waals surface area contributed by atoms with Crippen molar-refractivity contribution < 1.29 is 41.8 Å². The standard InChI is InChI=1S/C27H40N4O9S/c1-36-15-16-38-27(33)31-19-10-12-22(31)25(26(32)29-40-24-9-5-6-14-37-24)30(18-19)41(34,35)21-11-13-23(28-17-21)39-20-7-3-2-4-8-20/h11,13,17,19-20,22,24-25H,2-10,12,14-16,18H2,1H3,(H,29,32)/t19-,22+,24?,25-/m1/s1. The van der Waals surface area contributed by atoms with Crippen LogP contribution in [-0.4, -0.2) is 98.6 Å². The second-order valence-corrected chi connectivity index (χ2v) is 12.8. The van der Waals surface area contributed by atoms with Crippen molar-refractivity contribution in [2.24, 2.45) is 0 Å². The van der Waals surface area contributed by atoms with E-state index < -0.39 is 46.4 Å². The highest BCUT2D eigenvalue weighted by Gasteiger charge is 2.55. The molecule has 1 saturated carbocycles. The first-order valence-corrected chi connectivity index (χ1v) is 16.0. The molecule has 41 heavy (non-hydrogen) atoms. The van der Waals surface area contributed by atoms with Gasteiger partial charge in [-0.1, -0.05) is 6.42 Å². The van der Waals surface area contributed by atoms with Crippen molar-refractivity contribution >= 4 is 22.0 Å². The summed E-state index contributed by atoms with van der Waals surface area (Å²) in [4.78, 5) is 37.8. The van der Waals surface area contributed by atoms with E-state index in [0.29, 0.717) is 31.7 Å². The maximum Gasteiger partial charge on any atom is 0.410 e. The van der Waals surface area contributed by atoms with Gasteiger partial charge in [-0.25, -0.2) is 28.5 Å². The van der Waals surface area contributed by atoms with E-state index in [0.717, 1.165) is 42.8 Å². The normalized spacial score (nSPS) is 27.4. The molecule has 1 unspecified atom stereocenters. The topological polar surface area (TPSA) is 146 Å². The Kier molecular flexibility index (Phi) is 9.96. The summed E-state index contributed by atoms with van der Waals surface area (Å²) in [5.74, 6) is -0.303. The minimum absolute atomic E-state index is 0.0488. The van der Waals surface area contributed by atoms with Crippen LogP contribution < -0.4 is 10.2 Å².